The van der Waals surface area contributed by atoms with Gasteiger partial charge in [0, 0.05) is 27.5 Å². The zero-order valence-corrected chi connectivity index (χ0v) is 17.8. The SMILES string of the molecule is O=C(NC[C@@H](c1cccs1)N1CCCCC1)c1cc(-c2ccc(Br)cc2)on1. The number of amides is 1. The fourth-order valence-electron chi connectivity index (χ4n) is 3.53. The summed E-state index contributed by atoms with van der Waals surface area (Å²) in [5, 5.41) is 9.11. The number of carbonyl (C=O) groups excluding carboxylic acids is 1. The van der Waals surface area contributed by atoms with E-state index in [-0.39, 0.29) is 11.9 Å². The van der Waals surface area contributed by atoms with Crippen LogP contribution in [0, 0.1) is 0 Å². The molecule has 3 aromatic rings. The summed E-state index contributed by atoms with van der Waals surface area (Å²) < 4.78 is 6.36. The third-order valence-corrected chi connectivity index (χ3v) is 6.53. The maximum Gasteiger partial charge on any atom is 0.273 e. The van der Waals surface area contributed by atoms with Crippen LogP contribution in [0.1, 0.15) is 40.7 Å². The molecule has 1 fully saturated rings. The minimum atomic E-state index is -0.203. The maximum atomic E-state index is 12.6. The summed E-state index contributed by atoms with van der Waals surface area (Å²) >= 11 is 5.16. The van der Waals surface area contributed by atoms with Crippen LogP contribution in [-0.4, -0.2) is 35.6 Å². The maximum absolute atomic E-state index is 12.6. The lowest BCUT2D eigenvalue weighted by Gasteiger charge is -2.34. The van der Waals surface area contributed by atoms with Gasteiger partial charge in [-0.15, -0.1) is 11.3 Å². The number of carbonyl (C=O) groups is 1. The number of nitrogens with one attached hydrogen (secondary N) is 1. The number of likely N-dealkylation sites (tertiary alicyclic amines) is 1. The second-order valence-corrected chi connectivity index (χ2v) is 8.82. The van der Waals surface area contributed by atoms with Gasteiger partial charge in [0.15, 0.2) is 11.5 Å². The van der Waals surface area contributed by atoms with Gasteiger partial charge in [0.1, 0.15) is 0 Å². The number of hydrogen-bond acceptors (Lipinski definition) is 5. The van der Waals surface area contributed by atoms with Crippen molar-refractivity contribution in [1.29, 1.82) is 0 Å². The number of piperidine rings is 1. The molecule has 0 spiro atoms. The Hall–Kier alpha value is -1.96. The van der Waals surface area contributed by atoms with E-state index in [1.807, 2.05) is 24.3 Å². The van der Waals surface area contributed by atoms with E-state index in [0.29, 0.717) is 18.0 Å². The first-order chi connectivity index (χ1) is 13.7. The lowest BCUT2D eigenvalue weighted by molar-refractivity contribution is 0.0917. The van der Waals surface area contributed by atoms with E-state index in [2.05, 4.69) is 48.8 Å². The lowest BCUT2D eigenvalue weighted by Crippen LogP contribution is -2.40. The number of rotatable bonds is 6. The van der Waals surface area contributed by atoms with Crippen LogP contribution < -0.4 is 5.32 Å². The van der Waals surface area contributed by atoms with Crippen molar-refractivity contribution in [1.82, 2.24) is 15.4 Å². The van der Waals surface area contributed by atoms with E-state index in [9.17, 15) is 4.79 Å². The number of thiophene rings is 1. The highest BCUT2D eigenvalue weighted by Crippen LogP contribution is 2.28. The lowest BCUT2D eigenvalue weighted by atomic mass is 10.1. The van der Waals surface area contributed by atoms with Crippen LogP contribution in [-0.2, 0) is 0 Å². The monoisotopic (exact) mass is 459 g/mol. The van der Waals surface area contributed by atoms with Crippen LogP contribution in [0.25, 0.3) is 11.3 Å². The average molecular weight is 460 g/mol. The molecule has 1 saturated heterocycles. The van der Waals surface area contributed by atoms with E-state index >= 15 is 0 Å². The van der Waals surface area contributed by atoms with Gasteiger partial charge >= 0.3 is 0 Å². The van der Waals surface area contributed by atoms with Gasteiger partial charge in [-0.05, 0) is 49.5 Å². The van der Waals surface area contributed by atoms with E-state index in [1.165, 1.54) is 24.1 Å². The summed E-state index contributed by atoms with van der Waals surface area (Å²) in [6.07, 6.45) is 3.73. The molecule has 1 aromatic carbocycles. The normalized spacial score (nSPS) is 16.0. The van der Waals surface area contributed by atoms with Gasteiger partial charge < -0.3 is 9.84 Å². The van der Waals surface area contributed by atoms with Crippen molar-refractivity contribution in [3.05, 3.63) is 62.9 Å². The summed E-state index contributed by atoms with van der Waals surface area (Å²) in [5.74, 6) is 0.383. The first-order valence-corrected chi connectivity index (χ1v) is 11.2. The molecule has 1 amide bonds. The molecule has 0 aliphatic carbocycles. The number of halogens is 1. The Kier molecular flexibility index (Phi) is 6.24. The summed E-state index contributed by atoms with van der Waals surface area (Å²) in [6.45, 7) is 2.73. The largest absolute Gasteiger partial charge is 0.355 e. The van der Waals surface area contributed by atoms with E-state index < -0.39 is 0 Å². The van der Waals surface area contributed by atoms with Crippen molar-refractivity contribution in [2.24, 2.45) is 0 Å². The van der Waals surface area contributed by atoms with Crippen LogP contribution in [0.3, 0.4) is 0 Å². The number of nitrogens with zero attached hydrogens (tertiary/aromatic N) is 2. The summed E-state index contributed by atoms with van der Waals surface area (Å²) in [6, 6.07) is 13.8. The van der Waals surface area contributed by atoms with Gasteiger partial charge in [-0.2, -0.15) is 0 Å². The van der Waals surface area contributed by atoms with E-state index in [0.717, 1.165) is 23.1 Å². The summed E-state index contributed by atoms with van der Waals surface area (Å²) in [5.41, 5.74) is 1.20. The molecule has 0 radical (unpaired) electrons. The molecule has 0 unspecified atom stereocenters. The molecule has 1 atom stereocenters. The molecule has 0 saturated carbocycles. The van der Waals surface area contributed by atoms with Gasteiger partial charge in [0.05, 0.1) is 6.04 Å². The molecule has 4 rings (SSSR count). The summed E-state index contributed by atoms with van der Waals surface area (Å²) in [4.78, 5) is 16.4. The second-order valence-electron chi connectivity index (χ2n) is 6.92. The van der Waals surface area contributed by atoms with E-state index in [1.54, 1.807) is 17.4 Å². The molecule has 146 valence electrons. The predicted octanol–water partition coefficient (Wildman–Crippen LogP) is 5.12. The Morgan fingerprint density at radius 2 is 2.00 bits per heavy atom. The van der Waals surface area contributed by atoms with Gasteiger partial charge in [-0.25, -0.2) is 0 Å². The number of aromatic nitrogens is 1. The van der Waals surface area contributed by atoms with Crippen molar-refractivity contribution in [3.8, 4) is 11.3 Å². The Balaban J connectivity index is 1.43. The molecule has 1 aliphatic rings. The predicted molar refractivity (Wildman–Crippen MR) is 114 cm³/mol. The van der Waals surface area contributed by atoms with Crippen LogP contribution in [0.15, 0.2) is 56.8 Å². The molecule has 28 heavy (non-hydrogen) atoms. The van der Waals surface area contributed by atoms with Gasteiger partial charge in [-0.3, -0.25) is 9.69 Å². The fourth-order valence-corrected chi connectivity index (χ4v) is 4.66. The molecule has 0 bridgehead atoms. The van der Waals surface area contributed by atoms with E-state index in [4.69, 9.17) is 4.52 Å². The average Bonchev–Trinajstić information content (AvgIpc) is 3.42. The Labute approximate surface area is 176 Å². The quantitative estimate of drug-likeness (QED) is 0.555. The topological polar surface area (TPSA) is 58.4 Å². The van der Waals surface area contributed by atoms with Crippen LogP contribution in [0.4, 0.5) is 0 Å². The first-order valence-electron chi connectivity index (χ1n) is 9.49. The van der Waals surface area contributed by atoms with Crippen molar-refractivity contribution < 1.29 is 9.32 Å². The van der Waals surface area contributed by atoms with Crippen molar-refractivity contribution in [3.63, 3.8) is 0 Å². The second kappa shape index (κ2) is 9.03. The Morgan fingerprint density at radius 1 is 1.21 bits per heavy atom. The smallest absolute Gasteiger partial charge is 0.273 e. The van der Waals surface area contributed by atoms with Gasteiger partial charge in [-0.1, -0.05) is 45.7 Å². The van der Waals surface area contributed by atoms with Crippen LogP contribution in [0.2, 0.25) is 0 Å². The Bertz CT molecular complexity index is 902. The molecular formula is C21H22BrN3O2S. The third-order valence-electron chi connectivity index (χ3n) is 5.03. The molecule has 5 nitrogen and oxygen atoms in total. The first kappa shape index (κ1) is 19.4. The Morgan fingerprint density at radius 3 is 2.71 bits per heavy atom. The molecule has 3 heterocycles. The van der Waals surface area contributed by atoms with Crippen LogP contribution >= 0.6 is 27.3 Å². The van der Waals surface area contributed by atoms with Crippen molar-refractivity contribution in [2.45, 2.75) is 25.3 Å². The molecule has 2 aromatic heterocycles. The number of benzene rings is 1. The third kappa shape index (κ3) is 4.54. The zero-order valence-electron chi connectivity index (χ0n) is 15.4. The molecular weight excluding hydrogens is 438 g/mol. The highest BCUT2D eigenvalue weighted by Gasteiger charge is 2.24. The molecule has 1 aliphatic heterocycles. The van der Waals surface area contributed by atoms with Crippen LogP contribution in [0.5, 0.6) is 0 Å². The van der Waals surface area contributed by atoms with Gasteiger partial charge in [0.25, 0.3) is 5.91 Å². The zero-order chi connectivity index (χ0) is 19.3. The molecule has 7 heteroatoms. The minimum Gasteiger partial charge on any atom is -0.355 e. The highest BCUT2D eigenvalue weighted by molar-refractivity contribution is 9.10. The summed E-state index contributed by atoms with van der Waals surface area (Å²) in [7, 11) is 0. The van der Waals surface area contributed by atoms with Crippen molar-refractivity contribution in [2.75, 3.05) is 19.6 Å². The standard InChI is InChI=1S/C21H22BrN3O2S/c22-16-8-6-15(7-9-16)19-13-17(24-27-19)21(26)23-14-18(20-5-4-12-28-20)25-10-2-1-3-11-25/h4-9,12-13,18H,1-3,10-11,14H2,(H,23,26)/t18-/m0/s1. The minimum absolute atomic E-state index is 0.203. The fraction of sp³-hybridized carbons (Fsp3) is 0.333. The highest BCUT2D eigenvalue weighted by atomic mass is 79.9. The van der Waals surface area contributed by atoms with Crippen molar-refractivity contribution >= 4 is 33.2 Å². The molecule has 1 N–H and O–H groups in total. The van der Waals surface area contributed by atoms with Gasteiger partial charge in [0.2, 0.25) is 0 Å². The number of hydrogen-bond donors (Lipinski definition) is 1.